The molecule has 2 atom stereocenters. The molecule has 4 N–H and O–H groups in total. The molecule has 35 heavy (non-hydrogen) atoms. The molecule has 1 aliphatic heterocycles. The van der Waals surface area contributed by atoms with Crippen LogP contribution in [-0.2, 0) is 4.74 Å². The third-order valence-electron chi connectivity index (χ3n) is 5.53. The van der Waals surface area contributed by atoms with E-state index < -0.39 is 29.8 Å². The lowest BCUT2D eigenvalue weighted by Crippen LogP contribution is -2.45. The van der Waals surface area contributed by atoms with Crippen molar-refractivity contribution >= 4 is 29.2 Å². The van der Waals surface area contributed by atoms with Crippen molar-refractivity contribution in [1.82, 2.24) is 15.3 Å². The summed E-state index contributed by atoms with van der Waals surface area (Å²) >= 11 is 0. The normalized spacial score (nSPS) is 15.3. The van der Waals surface area contributed by atoms with E-state index in [0.29, 0.717) is 38.5 Å². The zero-order valence-electron chi connectivity index (χ0n) is 19.8. The number of amides is 1. The molecule has 10 nitrogen and oxygen atoms in total. The molecule has 0 aromatic carbocycles. The molecule has 0 spiro atoms. The van der Waals surface area contributed by atoms with Crippen molar-refractivity contribution < 1.29 is 23.4 Å². The summed E-state index contributed by atoms with van der Waals surface area (Å²) in [5.41, 5.74) is -0.0861. The average molecular weight is 490 g/mol. The first-order valence-corrected chi connectivity index (χ1v) is 11.3. The Morgan fingerprint density at radius 3 is 2.57 bits per heavy atom. The molecule has 2 aromatic rings. The number of pyridine rings is 2. The topological polar surface area (TPSA) is 135 Å². The Hall–Kier alpha value is -3.72. The fraction of sp³-hybridized carbons (Fsp3) is 0.478. The number of rotatable bonds is 9. The summed E-state index contributed by atoms with van der Waals surface area (Å²) in [4.78, 5) is 21.4. The van der Waals surface area contributed by atoms with Crippen molar-refractivity contribution in [2.24, 2.45) is 5.92 Å². The summed E-state index contributed by atoms with van der Waals surface area (Å²) in [5, 5.41) is 26.7. The maximum Gasteiger partial charge on any atom is 0.404 e. The highest BCUT2D eigenvalue weighted by atomic mass is 19.1. The van der Waals surface area contributed by atoms with Crippen LogP contribution in [-0.4, -0.2) is 59.6 Å². The molecule has 1 amide bonds. The van der Waals surface area contributed by atoms with Gasteiger partial charge in [-0.2, -0.15) is 5.26 Å². The molecule has 0 unspecified atom stereocenters. The number of carbonyl (C=O) groups is 1. The van der Waals surface area contributed by atoms with Gasteiger partial charge in [0.25, 0.3) is 0 Å². The predicted octanol–water partition coefficient (Wildman–Crippen LogP) is 3.69. The minimum absolute atomic E-state index is 0.0303. The Bertz CT molecular complexity index is 1090. The van der Waals surface area contributed by atoms with Crippen LogP contribution in [0.25, 0.3) is 0 Å². The largest absolute Gasteiger partial charge is 0.465 e. The number of morpholine rings is 1. The fourth-order valence-electron chi connectivity index (χ4n) is 3.75. The molecule has 1 fully saturated rings. The van der Waals surface area contributed by atoms with Gasteiger partial charge in [0.2, 0.25) is 0 Å². The number of hydrogen-bond donors (Lipinski definition) is 4. The number of halogens is 2. The van der Waals surface area contributed by atoms with E-state index in [1.54, 1.807) is 6.92 Å². The smallest absolute Gasteiger partial charge is 0.404 e. The standard InChI is InChI=1S/C23H29F2N7O3/c1-13(2)8-18(14(3)28-23(33)34)29-22-16(24)9-15(11-26)21(31-22)30-19-10-20(27-12-17(19)25)32-4-6-35-7-5-32/h9-10,12-14,18,28H,4-8H2,1-3H3,(H,33,34)(H2,27,29,30,31)/t14-,18-/m0/s1. The second-order valence-electron chi connectivity index (χ2n) is 8.69. The quantitative estimate of drug-likeness (QED) is 0.416. The first-order chi connectivity index (χ1) is 16.7. The molecule has 0 radical (unpaired) electrons. The van der Waals surface area contributed by atoms with Gasteiger partial charge in [0.15, 0.2) is 23.3 Å². The number of anilines is 4. The number of ether oxygens (including phenoxy) is 1. The van der Waals surface area contributed by atoms with Gasteiger partial charge < -0.3 is 30.7 Å². The highest BCUT2D eigenvalue weighted by molar-refractivity contribution is 5.68. The van der Waals surface area contributed by atoms with Gasteiger partial charge in [-0.05, 0) is 25.3 Å². The third-order valence-corrected chi connectivity index (χ3v) is 5.53. The van der Waals surface area contributed by atoms with Crippen molar-refractivity contribution in [3.05, 3.63) is 35.5 Å². The fourth-order valence-corrected chi connectivity index (χ4v) is 3.75. The lowest BCUT2D eigenvalue weighted by atomic mass is 9.98. The Morgan fingerprint density at radius 1 is 1.23 bits per heavy atom. The Morgan fingerprint density at radius 2 is 1.94 bits per heavy atom. The van der Waals surface area contributed by atoms with Crippen LogP contribution in [0.15, 0.2) is 18.3 Å². The number of carboxylic acid groups (broad SMARTS) is 1. The second-order valence-corrected chi connectivity index (χ2v) is 8.69. The van der Waals surface area contributed by atoms with E-state index in [2.05, 4.69) is 25.9 Å². The third kappa shape index (κ3) is 6.89. The highest BCUT2D eigenvalue weighted by Gasteiger charge is 2.23. The Labute approximate surface area is 202 Å². The van der Waals surface area contributed by atoms with Gasteiger partial charge in [0.1, 0.15) is 11.9 Å². The minimum atomic E-state index is -1.20. The van der Waals surface area contributed by atoms with Gasteiger partial charge in [-0.1, -0.05) is 13.8 Å². The van der Waals surface area contributed by atoms with Gasteiger partial charge >= 0.3 is 6.09 Å². The van der Waals surface area contributed by atoms with Gasteiger partial charge in [0, 0.05) is 31.2 Å². The number of nitrogens with one attached hydrogen (secondary N) is 3. The van der Waals surface area contributed by atoms with Crippen molar-refractivity contribution in [2.75, 3.05) is 41.8 Å². The van der Waals surface area contributed by atoms with Crippen LogP contribution in [0.2, 0.25) is 0 Å². The van der Waals surface area contributed by atoms with E-state index in [-0.39, 0.29) is 28.8 Å². The van der Waals surface area contributed by atoms with Crippen LogP contribution in [0.1, 0.15) is 32.8 Å². The zero-order chi connectivity index (χ0) is 25.5. The maximum absolute atomic E-state index is 14.8. The van der Waals surface area contributed by atoms with E-state index in [9.17, 15) is 18.8 Å². The molecule has 12 heteroatoms. The molecule has 0 bridgehead atoms. The van der Waals surface area contributed by atoms with Crippen LogP contribution in [0.3, 0.4) is 0 Å². The summed E-state index contributed by atoms with van der Waals surface area (Å²) in [6.45, 7) is 7.83. The lowest BCUT2D eigenvalue weighted by molar-refractivity contribution is 0.122. The molecular formula is C23H29F2N7O3. The van der Waals surface area contributed by atoms with Crippen molar-refractivity contribution in [1.29, 1.82) is 5.26 Å². The zero-order valence-corrected chi connectivity index (χ0v) is 19.8. The summed E-state index contributed by atoms with van der Waals surface area (Å²) in [5.74, 6) is -0.970. The van der Waals surface area contributed by atoms with E-state index in [1.807, 2.05) is 24.8 Å². The van der Waals surface area contributed by atoms with E-state index in [1.165, 1.54) is 6.07 Å². The van der Waals surface area contributed by atoms with Crippen LogP contribution in [0.4, 0.5) is 36.7 Å². The van der Waals surface area contributed by atoms with Crippen LogP contribution >= 0.6 is 0 Å². The van der Waals surface area contributed by atoms with Gasteiger partial charge in [-0.15, -0.1) is 0 Å². The molecular weight excluding hydrogens is 460 g/mol. The van der Waals surface area contributed by atoms with E-state index in [4.69, 9.17) is 9.84 Å². The Kier molecular flexibility index (Phi) is 8.59. The van der Waals surface area contributed by atoms with Gasteiger partial charge in [-0.3, -0.25) is 0 Å². The van der Waals surface area contributed by atoms with Crippen molar-refractivity contribution in [3.8, 4) is 6.07 Å². The number of nitrogens with zero attached hydrogens (tertiary/aromatic N) is 4. The van der Waals surface area contributed by atoms with Crippen LogP contribution < -0.4 is 20.9 Å². The number of aromatic nitrogens is 2. The molecule has 0 aliphatic carbocycles. The van der Waals surface area contributed by atoms with E-state index in [0.717, 1.165) is 12.3 Å². The second kappa shape index (κ2) is 11.6. The molecule has 3 rings (SSSR count). The van der Waals surface area contributed by atoms with Crippen molar-refractivity contribution in [3.63, 3.8) is 0 Å². The number of hydrogen-bond acceptors (Lipinski definition) is 8. The van der Waals surface area contributed by atoms with Crippen LogP contribution in [0, 0.1) is 28.9 Å². The molecule has 1 aliphatic rings. The summed E-state index contributed by atoms with van der Waals surface area (Å²) in [6.07, 6.45) is 0.389. The molecule has 1 saturated heterocycles. The molecule has 188 valence electrons. The summed E-state index contributed by atoms with van der Waals surface area (Å²) in [6, 6.07) is 3.32. The Balaban J connectivity index is 1.91. The SMILES string of the molecule is CC(C)C[C@H](Nc1nc(Nc2cc(N3CCOCC3)ncc2F)c(C#N)cc1F)[C@H](C)NC(=O)O. The van der Waals surface area contributed by atoms with Crippen molar-refractivity contribution in [2.45, 2.75) is 39.3 Å². The highest BCUT2D eigenvalue weighted by Crippen LogP contribution is 2.28. The van der Waals surface area contributed by atoms with Gasteiger partial charge in [0.05, 0.1) is 30.7 Å². The summed E-state index contributed by atoms with van der Waals surface area (Å²) in [7, 11) is 0. The first-order valence-electron chi connectivity index (χ1n) is 11.3. The lowest BCUT2D eigenvalue weighted by Gasteiger charge is -2.28. The monoisotopic (exact) mass is 489 g/mol. The van der Waals surface area contributed by atoms with Gasteiger partial charge in [-0.25, -0.2) is 23.5 Å². The number of nitriles is 1. The molecule has 3 heterocycles. The summed E-state index contributed by atoms with van der Waals surface area (Å²) < 4.78 is 34.7. The molecule has 0 saturated carbocycles. The predicted molar refractivity (Wildman–Crippen MR) is 127 cm³/mol. The molecule has 2 aromatic heterocycles. The van der Waals surface area contributed by atoms with Crippen LogP contribution in [0.5, 0.6) is 0 Å². The first kappa shape index (κ1) is 25.9. The minimum Gasteiger partial charge on any atom is -0.465 e. The van der Waals surface area contributed by atoms with E-state index >= 15 is 0 Å². The average Bonchev–Trinajstić information content (AvgIpc) is 2.81. The maximum atomic E-state index is 14.8.